The molecule has 3 aromatic carbocycles. The van der Waals surface area contributed by atoms with Crippen LogP contribution in [0.1, 0.15) is 37.7 Å². The van der Waals surface area contributed by atoms with E-state index in [-0.39, 0.29) is 22.8 Å². The molecule has 4 rings (SSSR count). The van der Waals surface area contributed by atoms with E-state index in [4.69, 9.17) is 21.1 Å². The van der Waals surface area contributed by atoms with Gasteiger partial charge in [-0.25, -0.2) is 4.68 Å². The first-order valence-corrected chi connectivity index (χ1v) is 11.9. The Hall–Kier alpha value is -4.42. The number of methoxy groups -OCH3 is 2. The second-order valence-corrected chi connectivity index (χ2v) is 8.58. The summed E-state index contributed by atoms with van der Waals surface area (Å²) >= 11 is 6.04. The van der Waals surface area contributed by atoms with Crippen molar-refractivity contribution in [2.24, 2.45) is 0 Å². The first kappa shape index (κ1) is 25.7. The van der Waals surface area contributed by atoms with Gasteiger partial charge in [0.25, 0.3) is 0 Å². The first-order chi connectivity index (χ1) is 17.9. The second-order valence-electron chi connectivity index (χ2n) is 8.14. The van der Waals surface area contributed by atoms with Gasteiger partial charge in [0.15, 0.2) is 5.78 Å². The summed E-state index contributed by atoms with van der Waals surface area (Å²) in [6.45, 7) is 1.76. The number of nitrogens with zero attached hydrogens (tertiary/aromatic N) is 2. The topological polar surface area (TPSA) is 70.4 Å². The van der Waals surface area contributed by atoms with E-state index in [0.29, 0.717) is 16.4 Å². The molecular weight excluding hydrogens is 488 g/mol. The largest absolute Gasteiger partial charge is 0.497 e. The van der Waals surface area contributed by atoms with Crippen molar-refractivity contribution in [1.29, 1.82) is 0 Å². The summed E-state index contributed by atoms with van der Waals surface area (Å²) in [5, 5.41) is 5.10. The Labute approximate surface area is 220 Å². The van der Waals surface area contributed by atoms with Crippen LogP contribution in [0.2, 0.25) is 5.02 Å². The number of ketones is 2. The van der Waals surface area contributed by atoms with Gasteiger partial charge in [0.2, 0.25) is 5.78 Å². The van der Waals surface area contributed by atoms with Crippen molar-refractivity contribution in [3.05, 3.63) is 118 Å². The maximum atomic E-state index is 13.4. The van der Waals surface area contributed by atoms with E-state index in [2.05, 4.69) is 5.10 Å². The predicted octanol–water partition coefficient (Wildman–Crippen LogP) is 6.64. The third-order valence-electron chi connectivity index (χ3n) is 5.75. The molecule has 0 saturated heterocycles. The second kappa shape index (κ2) is 11.5. The van der Waals surface area contributed by atoms with Gasteiger partial charge in [-0.05, 0) is 78.7 Å². The van der Waals surface area contributed by atoms with Crippen LogP contribution in [0.15, 0.2) is 84.9 Å². The Balaban J connectivity index is 1.70. The van der Waals surface area contributed by atoms with E-state index in [1.807, 2.05) is 48.5 Å². The zero-order valence-electron chi connectivity index (χ0n) is 20.6. The minimum Gasteiger partial charge on any atom is -0.497 e. The summed E-state index contributed by atoms with van der Waals surface area (Å²) in [5.41, 5.74) is 3.19. The van der Waals surface area contributed by atoms with Crippen molar-refractivity contribution in [3.8, 4) is 17.2 Å². The number of ether oxygens (including phenoxy) is 2. The van der Waals surface area contributed by atoms with E-state index >= 15 is 0 Å². The van der Waals surface area contributed by atoms with Crippen LogP contribution in [-0.2, 0) is 0 Å². The highest BCUT2D eigenvalue weighted by atomic mass is 35.5. The third-order valence-corrected chi connectivity index (χ3v) is 6.01. The molecule has 186 valence electrons. The number of halogens is 1. The molecule has 0 aliphatic carbocycles. The van der Waals surface area contributed by atoms with Gasteiger partial charge in [-0.1, -0.05) is 48.0 Å². The Bertz CT molecular complexity index is 1470. The summed E-state index contributed by atoms with van der Waals surface area (Å²) in [6.07, 6.45) is 6.24. The maximum Gasteiger partial charge on any atom is 0.206 e. The van der Waals surface area contributed by atoms with Gasteiger partial charge in [0.1, 0.15) is 17.2 Å². The molecule has 0 fully saturated rings. The van der Waals surface area contributed by atoms with E-state index < -0.39 is 0 Å². The van der Waals surface area contributed by atoms with Crippen LogP contribution in [0.25, 0.3) is 17.8 Å². The van der Waals surface area contributed by atoms with E-state index in [9.17, 15) is 9.59 Å². The molecule has 0 amide bonds. The summed E-state index contributed by atoms with van der Waals surface area (Å²) in [7, 11) is 3.19. The third kappa shape index (κ3) is 6.05. The first-order valence-electron chi connectivity index (χ1n) is 11.5. The molecule has 0 aliphatic heterocycles. The monoisotopic (exact) mass is 512 g/mol. The molecule has 1 heterocycles. The highest BCUT2D eigenvalue weighted by molar-refractivity contribution is 6.30. The lowest BCUT2D eigenvalue weighted by Gasteiger charge is -2.04. The van der Waals surface area contributed by atoms with E-state index in [1.54, 1.807) is 62.2 Å². The Morgan fingerprint density at radius 1 is 0.757 bits per heavy atom. The van der Waals surface area contributed by atoms with Crippen LogP contribution in [-0.4, -0.2) is 35.6 Å². The van der Waals surface area contributed by atoms with E-state index in [1.165, 1.54) is 12.2 Å². The fourth-order valence-electron chi connectivity index (χ4n) is 3.74. The lowest BCUT2D eigenvalue weighted by atomic mass is 10.0. The van der Waals surface area contributed by atoms with Crippen LogP contribution < -0.4 is 9.47 Å². The average molecular weight is 513 g/mol. The number of allylic oxidation sites excluding steroid dienone is 2. The molecule has 0 N–H and O–H groups in total. The molecular formula is C30H25ClN2O4. The highest BCUT2D eigenvalue weighted by Gasteiger charge is 2.24. The molecule has 7 heteroatoms. The predicted molar refractivity (Wildman–Crippen MR) is 146 cm³/mol. The Morgan fingerprint density at radius 2 is 1.24 bits per heavy atom. The van der Waals surface area contributed by atoms with Gasteiger partial charge >= 0.3 is 0 Å². The summed E-state index contributed by atoms with van der Waals surface area (Å²) in [6, 6.07) is 21.6. The van der Waals surface area contributed by atoms with Crippen molar-refractivity contribution < 1.29 is 19.1 Å². The minimum absolute atomic E-state index is 0.0709. The zero-order valence-corrected chi connectivity index (χ0v) is 21.4. The van der Waals surface area contributed by atoms with E-state index in [0.717, 1.165) is 22.6 Å². The standard InChI is InChI=1S/C30H25ClN2O4/c1-20-29(27(34)18-8-21-4-14-25(36-2)15-5-21)30(32-33(20)24-12-10-23(31)11-13-24)28(35)19-9-22-6-16-26(37-3)17-7-22/h4-19H,1-3H3/b18-8+,19-9+. The summed E-state index contributed by atoms with van der Waals surface area (Å²) < 4.78 is 11.9. The van der Waals surface area contributed by atoms with Gasteiger partial charge in [0.05, 0.1) is 31.2 Å². The summed E-state index contributed by atoms with van der Waals surface area (Å²) in [5.74, 6) is 0.736. The van der Waals surface area contributed by atoms with Crippen LogP contribution in [0.5, 0.6) is 11.5 Å². The van der Waals surface area contributed by atoms with Crippen molar-refractivity contribution in [3.63, 3.8) is 0 Å². The molecule has 0 unspecified atom stereocenters. The highest BCUT2D eigenvalue weighted by Crippen LogP contribution is 2.23. The molecule has 37 heavy (non-hydrogen) atoms. The van der Waals surface area contributed by atoms with Gasteiger partial charge in [-0.3, -0.25) is 9.59 Å². The van der Waals surface area contributed by atoms with Crippen molar-refractivity contribution >= 4 is 35.3 Å². The van der Waals surface area contributed by atoms with Gasteiger partial charge < -0.3 is 9.47 Å². The average Bonchev–Trinajstić information content (AvgIpc) is 3.28. The number of carbonyl (C=O) groups excluding carboxylic acids is 2. The molecule has 0 bridgehead atoms. The number of benzene rings is 3. The molecule has 6 nitrogen and oxygen atoms in total. The minimum atomic E-state index is -0.382. The SMILES string of the molecule is COc1ccc(/C=C/C(=O)c2nn(-c3ccc(Cl)cc3)c(C)c2C(=O)/C=C/c2ccc(OC)cc2)cc1. The molecule has 0 atom stereocenters. The van der Waals surface area contributed by atoms with Crippen LogP contribution >= 0.6 is 11.6 Å². The van der Waals surface area contributed by atoms with Gasteiger partial charge in [0, 0.05) is 5.02 Å². The quantitative estimate of drug-likeness (QED) is 0.185. The smallest absolute Gasteiger partial charge is 0.206 e. The Kier molecular flexibility index (Phi) is 8.01. The molecule has 0 aliphatic rings. The Morgan fingerprint density at radius 3 is 1.73 bits per heavy atom. The fraction of sp³-hybridized carbons (Fsp3) is 0.100. The zero-order chi connectivity index (χ0) is 26.4. The fourth-order valence-corrected chi connectivity index (χ4v) is 3.87. The molecule has 0 saturated carbocycles. The molecule has 1 aromatic heterocycles. The lowest BCUT2D eigenvalue weighted by Crippen LogP contribution is -2.05. The molecule has 0 radical (unpaired) electrons. The normalized spacial score (nSPS) is 11.2. The lowest BCUT2D eigenvalue weighted by molar-refractivity contribution is 0.101. The number of hydrogen-bond donors (Lipinski definition) is 0. The number of rotatable bonds is 9. The van der Waals surface area contributed by atoms with Crippen molar-refractivity contribution in [1.82, 2.24) is 9.78 Å². The van der Waals surface area contributed by atoms with Gasteiger partial charge in [-0.15, -0.1) is 0 Å². The molecule has 0 spiro atoms. The number of aromatic nitrogens is 2. The van der Waals surface area contributed by atoms with Gasteiger partial charge in [-0.2, -0.15) is 5.10 Å². The molecule has 4 aromatic rings. The van der Waals surface area contributed by atoms with Crippen molar-refractivity contribution in [2.45, 2.75) is 6.92 Å². The number of carbonyl (C=O) groups is 2. The maximum absolute atomic E-state index is 13.4. The summed E-state index contributed by atoms with van der Waals surface area (Å²) in [4.78, 5) is 26.6. The van der Waals surface area contributed by atoms with Crippen molar-refractivity contribution in [2.75, 3.05) is 14.2 Å². The van der Waals surface area contributed by atoms with Crippen LogP contribution in [0.3, 0.4) is 0 Å². The number of hydrogen-bond acceptors (Lipinski definition) is 5. The van der Waals surface area contributed by atoms with Crippen LogP contribution in [0, 0.1) is 6.92 Å². The van der Waals surface area contributed by atoms with Crippen LogP contribution in [0.4, 0.5) is 0 Å².